The Kier molecular flexibility index (Phi) is 5.58. The van der Waals surface area contributed by atoms with Crippen LogP contribution in [-0.4, -0.2) is 20.9 Å². The third kappa shape index (κ3) is 3.72. The van der Waals surface area contributed by atoms with Crippen molar-refractivity contribution in [3.05, 3.63) is 77.4 Å². The number of nitrogens with zero attached hydrogens (tertiary/aromatic N) is 1. The summed E-state index contributed by atoms with van der Waals surface area (Å²) in [5.74, 6) is -0.356. The van der Waals surface area contributed by atoms with E-state index in [1.807, 2.05) is 63.2 Å². The maximum absolute atomic E-state index is 13.4. The molecule has 0 saturated heterocycles. The number of rotatable bonds is 5. The summed E-state index contributed by atoms with van der Waals surface area (Å²) in [7, 11) is -3.86. The summed E-state index contributed by atoms with van der Waals surface area (Å²) in [6, 6.07) is 18.5. The molecule has 0 aromatic heterocycles. The van der Waals surface area contributed by atoms with Gasteiger partial charge in [-0.3, -0.25) is 9.10 Å². The molecule has 4 rings (SSSR count). The molecule has 0 unspecified atom stereocenters. The van der Waals surface area contributed by atoms with Gasteiger partial charge in [0.1, 0.15) is 6.54 Å². The Morgan fingerprint density at radius 2 is 1.58 bits per heavy atom. The van der Waals surface area contributed by atoms with Gasteiger partial charge in [0.25, 0.3) is 10.0 Å². The first-order valence-electron chi connectivity index (χ1n) is 10.5. The number of benzene rings is 3. The zero-order valence-electron chi connectivity index (χ0n) is 18.0. The van der Waals surface area contributed by atoms with Gasteiger partial charge in [0.2, 0.25) is 5.91 Å². The molecule has 0 radical (unpaired) electrons. The number of carbonyl (C=O) groups excluding carboxylic acids is 1. The molecule has 0 fully saturated rings. The first-order valence-corrected chi connectivity index (χ1v) is 11.9. The molecule has 6 heteroatoms. The van der Waals surface area contributed by atoms with Gasteiger partial charge in [0.05, 0.1) is 10.6 Å². The van der Waals surface area contributed by atoms with E-state index in [0.29, 0.717) is 11.3 Å². The molecule has 3 aromatic rings. The van der Waals surface area contributed by atoms with Crippen molar-refractivity contribution in [2.75, 3.05) is 16.2 Å². The number of fused-ring (bicyclic) bond motifs is 3. The molecular formula is C25H26N2O3S. The van der Waals surface area contributed by atoms with Gasteiger partial charge in [-0.15, -0.1) is 0 Å². The van der Waals surface area contributed by atoms with E-state index in [9.17, 15) is 13.2 Å². The van der Waals surface area contributed by atoms with Crippen LogP contribution in [0.25, 0.3) is 11.1 Å². The summed E-state index contributed by atoms with van der Waals surface area (Å²) < 4.78 is 28.1. The summed E-state index contributed by atoms with van der Waals surface area (Å²) in [6.45, 7) is 5.76. The van der Waals surface area contributed by atoms with Crippen LogP contribution in [0.5, 0.6) is 0 Å². The molecule has 0 atom stereocenters. The molecule has 1 amide bonds. The minimum Gasteiger partial charge on any atom is -0.324 e. The number of nitrogens with one attached hydrogen (secondary N) is 1. The van der Waals surface area contributed by atoms with Crippen molar-refractivity contribution < 1.29 is 13.2 Å². The largest absolute Gasteiger partial charge is 0.324 e. The third-order valence-corrected chi connectivity index (χ3v) is 7.53. The van der Waals surface area contributed by atoms with Gasteiger partial charge in [0, 0.05) is 16.8 Å². The van der Waals surface area contributed by atoms with Gasteiger partial charge >= 0.3 is 0 Å². The zero-order chi connectivity index (χ0) is 22.2. The molecule has 0 saturated carbocycles. The van der Waals surface area contributed by atoms with Crippen molar-refractivity contribution in [1.82, 2.24) is 0 Å². The fourth-order valence-electron chi connectivity index (χ4n) is 4.13. The van der Waals surface area contributed by atoms with Crippen molar-refractivity contribution in [1.29, 1.82) is 0 Å². The molecule has 1 heterocycles. The van der Waals surface area contributed by atoms with Crippen LogP contribution >= 0.6 is 0 Å². The van der Waals surface area contributed by atoms with Crippen molar-refractivity contribution in [3.63, 3.8) is 0 Å². The zero-order valence-corrected chi connectivity index (χ0v) is 18.8. The highest BCUT2D eigenvalue weighted by Gasteiger charge is 2.36. The van der Waals surface area contributed by atoms with Crippen LogP contribution in [0.15, 0.2) is 65.6 Å². The Bertz CT molecular complexity index is 1240. The Hall–Kier alpha value is -3.12. The van der Waals surface area contributed by atoms with E-state index in [1.165, 1.54) is 4.31 Å². The molecule has 31 heavy (non-hydrogen) atoms. The number of sulfonamides is 1. The Morgan fingerprint density at radius 1 is 0.903 bits per heavy atom. The molecule has 1 aliphatic rings. The lowest BCUT2D eigenvalue weighted by Gasteiger charge is -2.32. The van der Waals surface area contributed by atoms with Crippen LogP contribution in [0, 0.1) is 6.92 Å². The van der Waals surface area contributed by atoms with E-state index in [0.717, 1.165) is 40.8 Å². The standard InChI is InChI=1S/C25H26N2O3S/c1-4-18-9-8-10-19(5-2)25(18)26-24(28)16-27-22-14-13-17(3)15-21(22)20-11-6-7-12-23(20)31(27,29)30/h6-15H,4-5,16H2,1-3H3,(H,26,28). The highest BCUT2D eigenvalue weighted by molar-refractivity contribution is 7.93. The Morgan fingerprint density at radius 3 is 2.26 bits per heavy atom. The van der Waals surface area contributed by atoms with Gasteiger partial charge < -0.3 is 5.32 Å². The van der Waals surface area contributed by atoms with Crippen LogP contribution in [0.4, 0.5) is 11.4 Å². The topological polar surface area (TPSA) is 66.5 Å². The second-order valence-electron chi connectivity index (χ2n) is 7.73. The minimum absolute atomic E-state index is 0.226. The maximum atomic E-state index is 13.4. The minimum atomic E-state index is -3.86. The smallest absolute Gasteiger partial charge is 0.265 e. The van der Waals surface area contributed by atoms with Crippen LogP contribution in [-0.2, 0) is 27.7 Å². The maximum Gasteiger partial charge on any atom is 0.265 e. The van der Waals surface area contributed by atoms with Crippen LogP contribution < -0.4 is 9.62 Å². The third-order valence-electron chi connectivity index (χ3n) is 5.72. The van der Waals surface area contributed by atoms with Gasteiger partial charge in [-0.1, -0.05) is 61.9 Å². The summed E-state index contributed by atoms with van der Waals surface area (Å²) >= 11 is 0. The van der Waals surface area contributed by atoms with Gasteiger partial charge in [-0.05, 0) is 49.1 Å². The summed E-state index contributed by atoms with van der Waals surface area (Å²) in [5.41, 5.74) is 5.91. The lowest BCUT2D eigenvalue weighted by molar-refractivity contribution is -0.114. The number of anilines is 2. The lowest BCUT2D eigenvalue weighted by Crippen LogP contribution is -2.40. The van der Waals surface area contributed by atoms with E-state index >= 15 is 0 Å². The highest BCUT2D eigenvalue weighted by atomic mass is 32.2. The van der Waals surface area contributed by atoms with E-state index in [2.05, 4.69) is 5.32 Å². The molecular weight excluding hydrogens is 408 g/mol. The number of amides is 1. The average Bonchev–Trinajstić information content (AvgIpc) is 2.77. The summed E-state index contributed by atoms with van der Waals surface area (Å²) in [5, 5.41) is 2.99. The summed E-state index contributed by atoms with van der Waals surface area (Å²) in [6.07, 6.45) is 1.56. The Labute approximate surface area is 183 Å². The van der Waals surface area contributed by atoms with Gasteiger partial charge in [0.15, 0.2) is 0 Å². The number of hydrogen-bond donors (Lipinski definition) is 1. The van der Waals surface area contributed by atoms with Crippen LogP contribution in [0.2, 0.25) is 0 Å². The normalized spacial score (nSPS) is 14.0. The monoisotopic (exact) mass is 434 g/mol. The van der Waals surface area contributed by atoms with Crippen molar-refractivity contribution >= 4 is 27.3 Å². The fourth-order valence-corrected chi connectivity index (χ4v) is 5.78. The molecule has 0 spiro atoms. The molecule has 3 aromatic carbocycles. The van der Waals surface area contributed by atoms with E-state index in [4.69, 9.17) is 0 Å². The molecule has 160 valence electrons. The highest BCUT2D eigenvalue weighted by Crippen LogP contribution is 2.43. The average molecular weight is 435 g/mol. The van der Waals surface area contributed by atoms with Gasteiger partial charge in [-0.2, -0.15) is 0 Å². The number of para-hydroxylation sites is 1. The van der Waals surface area contributed by atoms with E-state index in [1.54, 1.807) is 18.2 Å². The molecule has 0 aliphatic carbocycles. The first kappa shape index (κ1) is 21.1. The van der Waals surface area contributed by atoms with Crippen LogP contribution in [0.3, 0.4) is 0 Å². The predicted molar refractivity (Wildman–Crippen MR) is 125 cm³/mol. The molecule has 1 aliphatic heterocycles. The fraction of sp³-hybridized carbons (Fsp3) is 0.240. The van der Waals surface area contributed by atoms with E-state index in [-0.39, 0.29) is 17.3 Å². The second kappa shape index (κ2) is 8.19. The second-order valence-corrected chi connectivity index (χ2v) is 9.57. The Balaban J connectivity index is 1.74. The summed E-state index contributed by atoms with van der Waals surface area (Å²) in [4.78, 5) is 13.3. The SMILES string of the molecule is CCc1cccc(CC)c1NC(=O)CN1c2ccc(C)cc2-c2ccccc2S1(=O)=O. The predicted octanol–water partition coefficient (Wildman–Crippen LogP) is 4.93. The van der Waals surface area contributed by atoms with Crippen LogP contribution in [0.1, 0.15) is 30.5 Å². The molecule has 1 N–H and O–H groups in total. The molecule has 0 bridgehead atoms. The quantitative estimate of drug-likeness (QED) is 0.619. The molecule has 5 nitrogen and oxygen atoms in total. The number of hydrogen-bond acceptors (Lipinski definition) is 3. The van der Waals surface area contributed by atoms with Crippen molar-refractivity contribution in [2.24, 2.45) is 0 Å². The van der Waals surface area contributed by atoms with Crippen molar-refractivity contribution in [3.8, 4) is 11.1 Å². The first-order chi connectivity index (χ1) is 14.9. The lowest BCUT2D eigenvalue weighted by atomic mass is 10.0. The van der Waals surface area contributed by atoms with E-state index < -0.39 is 10.0 Å². The van der Waals surface area contributed by atoms with Gasteiger partial charge in [-0.25, -0.2) is 8.42 Å². The number of aryl methyl sites for hydroxylation is 3. The number of carbonyl (C=O) groups is 1. The van der Waals surface area contributed by atoms with Crippen molar-refractivity contribution in [2.45, 2.75) is 38.5 Å².